The standard InChI is InChI=1S/C21H22N4O3/c1-14(2)28-16-7-5-6-15(12-16)13-22-25-20(26)11-10-19-21(27)24-18-9-4-3-8-17(18)23-19/h3-9,12-14H,10-11H2,1-2H3,(H,24,27)(H,25,26)/b22-13+. The molecule has 28 heavy (non-hydrogen) atoms. The van der Waals surface area contributed by atoms with E-state index in [9.17, 15) is 9.59 Å². The summed E-state index contributed by atoms with van der Waals surface area (Å²) in [6.45, 7) is 3.91. The quantitative estimate of drug-likeness (QED) is 0.488. The maximum Gasteiger partial charge on any atom is 0.270 e. The van der Waals surface area contributed by atoms with Crippen molar-refractivity contribution in [2.75, 3.05) is 0 Å². The zero-order chi connectivity index (χ0) is 19.9. The van der Waals surface area contributed by atoms with Gasteiger partial charge in [-0.3, -0.25) is 9.59 Å². The fraction of sp³-hybridized carbons (Fsp3) is 0.238. The Labute approximate surface area is 162 Å². The van der Waals surface area contributed by atoms with Gasteiger partial charge in [0.1, 0.15) is 11.4 Å². The van der Waals surface area contributed by atoms with Gasteiger partial charge < -0.3 is 9.72 Å². The number of para-hydroxylation sites is 2. The van der Waals surface area contributed by atoms with Crippen molar-refractivity contribution >= 4 is 23.2 Å². The summed E-state index contributed by atoms with van der Waals surface area (Å²) in [4.78, 5) is 31.2. The summed E-state index contributed by atoms with van der Waals surface area (Å²) in [6, 6.07) is 14.7. The minimum Gasteiger partial charge on any atom is -0.491 e. The minimum atomic E-state index is -0.291. The Morgan fingerprint density at radius 2 is 2.07 bits per heavy atom. The monoisotopic (exact) mass is 378 g/mol. The molecule has 0 saturated heterocycles. The first-order valence-corrected chi connectivity index (χ1v) is 9.08. The van der Waals surface area contributed by atoms with Gasteiger partial charge in [-0.1, -0.05) is 24.3 Å². The van der Waals surface area contributed by atoms with Crippen molar-refractivity contribution in [3.8, 4) is 5.75 Å². The van der Waals surface area contributed by atoms with Gasteiger partial charge in [-0.2, -0.15) is 5.10 Å². The molecule has 1 heterocycles. The van der Waals surface area contributed by atoms with Crippen LogP contribution in [-0.2, 0) is 11.2 Å². The highest BCUT2D eigenvalue weighted by molar-refractivity contribution is 5.83. The van der Waals surface area contributed by atoms with Crippen LogP contribution in [0.5, 0.6) is 5.75 Å². The number of carbonyl (C=O) groups is 1. The fourth-order valence-corrected chi connectivity index (χ4v) is 2.64. The highest BCUT2D eigenvalue weighted by Crippen LogP contribution is 2.13. The zero-order valence-electron chi connectivity index (χ0n) is 15.8. The second kappa shape index (κ2) is 8.94. The largest absolute Gasteiger partial charge is 0.491 e. The van der Waals surface area contributed by atoms with E-state index in [4.69, 9.17) is 4.74 Å². The molecule has 0 spiro atoms. The second-order valence-electron chi connectivity index (χ2n) is 6.56. The van der Waals surface area contributed by atoms with Crippen molar-refractivity contribution in [3.05, 3.63) is 70.1 Å². The van der Waals surface area contributed by atoms with Crippen LogP contribution in [0.15, 0.2) is 58.4 Å². The van der Waals surface area contributed by atoms with Crippen LogP contribution < -0.4 is 15.7 Å². The number of ether oxygens (including phenoxy) is 1. The van der Waals surface area contributed by atoms with Crippen LogP contribution in [0.2, 0.25) is 0 Å². The molecule has 0 saturated carbocycles. The number of rotatable bonds is 7. The normalized spacial score (nSPS) is 11.2. The van der Waals surface area contributed by atoms with E-state index in [2.05, 4.69) is 20.5 Å². The lowest BCUT2D eigenvalue weighted by Crippen LogP contribution is -2.21. The molecule has 0 unspecified atom stereocenters. The summed E-state index contributed by atoms with van der Waals surface area (Å²) in [6.07, 6.45) is 1.98. The first-order valence-electron chi connectivity index (χ1n) is 9.08. The predicted molar refractivity (Wildman–Crippen MR) is 109 cm³/mol. The van der Waals surface area contributed by atoms with Gasteiger partial charge in [-0.25, -0.2) is 10.4 Å². The van der Waals surface area contributed by atoms with E-state index in [0.717, 1.165) is 11.3 Å². The molecule has 7 nitrogen and oxygen atoms in total. The number of H-pyrrole nitrogens is 1. The maximum absolute atomic E-state index is 12.1. The van der Waals surface area contributed by atoms with Crippen molar-refractivity contribution < 1.29 is 9.53 Å². The van der Waals surface area contributed by atoms with Crippen LogP contribution in [0.3, 0.4) is 0 Å². The summed E-state index contributed by atoms with van der Waals surface area (Å²) < 4.78 is 5.62. The predicted octanol–water partition coefficient (Wildman–Crippen LogP) is 2.79. The molecule has 2 aromatic carbocycles. The fourth-order valence-electron chi connectivity index (χ4n) is 2.64. The molecule has 0 radical (unpaired) electrons. The lowest BCUT2D eigenvalue weighted by atomic mass is 10.2. The van der Waals surface area contributed by atoms with Gasteiger partial charge in [0.05, 0.1) is 23.4 Å². The molecule has 0 fully saturated rings. The molecular weight excluding hydrogens is 356 g/mol. The number of nitrogens with zero attached hydrogens (tertiary/aromatic N) is 2. The average Bonchev–Trinajstić information content (AvgIpc) is 2.66. The number of carbonyl (C=O) groups excluding carboxylic acids is 1. The molecule has 3 aromatic rings. The number of hydrogen-bond donors (Lipinski definition) is 2. The Kier molecular flexibility index (Phi) is 6.16. The Hall–Kier alpha value is -3.48. The Morgan fingerprint density at radius 3 is 2.89 bits per heavy atom. The highest BCUT2D eigenvalue weighted by Gasteiger charge is 2.07. The SMILES string of the molecule is CC(C)Oc1cccc(/C=N/NC(=O)CCc2nc3ccccc3[nH]c2=O)c1. The number of benzene rings is 2. The van der Waals surface area contributed by atoms with Crippen molar-refractivity contribution in [1.82, 2.24) is 15.4 Å². The first kappa shape index (κ1) is 19.3. The van der Waals surface area contributed by atoms with Crippen LogP contribution >= 0.6 is 0 Å². The number of hydrogen-bond acceptors (Lipinski definition) is 5. The molecular formula is C21H22N4O3. The molecule has 7 heteroatoms. The molecule has 0 bridgehead atoms. The number of aromatic nitrogens is 2. The number of hydrazone groups is 1. The topological polar surface area (TPSA) is 96.4 Å². The van der Waals surface area contributed by atoms with Gasteiger partial charge in [0, 0.05) is 12.8 Å². The van der Waals surface area contributed by atoms with Gasteiger partial charge in [0.25, 0.3) is 5.56 Å². The van der Waals surface area contributed by atoms with E-state index in [1.807, 2.05) is 56.3 Å². The van der Waals surface area contributed by atoms with Crippen molar-refractivity contribution in [2.45, 2.75) is 32.8 Å². The molecule has 1 aromatic heterocycles. The third kappa shape index (κ3) is 5.26. The van der Waals surface area contributed by atoms with Gasteiger partial charge in [-0.15, -0.1) is 0 Å². The lowest BCUT2D eigenvalue weighted by molar-refractivity contribution is -0.121. The van der Waals surface area contributed by atoms with Crippen LogP contribution in [0.25, 0.3) is 11.0 Å². The Bertz CT molecular complexity index is 1060. The summed E-state index contributed by atoms with van der Waals surface area (Å²) in [7, 11) is 0. The third-order valence-corrected chi connectivity index (χ3v) is 3.89. The zero-order valence-corrected chi connectivity index (χ0v) is 15.8. The molecule has 0 aliphatic rings. The molecule has 0 aliphatic heterocycles. The molecule has 3 rings (SSSR count). The third-order valence-electron chi connectivity index (χ3n) is 3.89. The van der Waals surface area contributed by atoms with Crippen LogP contribution in [0.4, 0.5) is 0 Å². The highest BCUT2D eigenvalue weighted by atomic mass is 16.5. The number of nitrogens with one attached hydrogen (secondary N) is 2. The molecule has 0 aliphatic carbocycles. The van der Waals surface area contributed by atoms with Gasteiger partial charge in [0.2, 0.25) is 5.91 Å². The second-order valence-corrected chi connectivity index (χ2v) is 6.56. The van der Waals surface area contributed by atoms with Crippen molar-refractivity contribution in [2.24, 2.45) is 5.10 Å². The van der Waals surface area contributed by atoms with Gasteiger partial charge in [-0.05, 0) is 43.7 Å². The van der Waals surface area contributed by atoms with Crippen LogP contribution in [0.1, 0.15) is 31.5 Å². The number of amides is 1. The van der Waals surface area contributed by atoms with E-state index in [1.54, 1.807) is 12.3 Å². The Morgan fingerprint density at radius 1 is 1.25 bits per heavy atom. The smallest absolute Gasteiger partial charge is 0.270 e. The summed E-state index contributed by atoms with van der Waals surface area (Å²) in [5.74, 6) is 0.451. The molecule has 2 N–H and O–H groups in total. The van der Waals surface area contributed by atoms with Gasteiger partial charge in [0.15, 0.2) is 0 Å². The van der Waals surface area contributed by atoms with E-state index < -0.39 is 0 Å². The van der Waals surface area contributed by atoms with E-state index in [-0.39, 0.29) is 30.4 Å². The van der Waals surface area contributed by atoms with E-state index in [1.165, 1.54) is 0 Å². The van der Waals surface area contributed by atoms with E-state index >= 15 is 0 Å². The van der Waals surface area contributed by atoms with Crippen LogP contribution in [0, 0.1) is 0 Å². The summed E-state index contributed by atoms with van der Waals surface area (Å²) in [5.41, 5.74) is 4.70. The lowest BCUT2D eigenvalue weighted by Gasteiger charge is -2.09. The molecule has 0 atom stereocenters. The maximum atomic E-state index is 12.1. The summed E-state index contributed by atoms with van der Waals surface area (Å²) >= 11 is 0. The summed E-state index contributed by atoms with van der Waals surface area (Å²) in [5, 5.41) is 3.96. The molecule has 144 valence electrons. The van der Waals surface area contributed by atoms with Gasteiger partial charge >= 0.3 is 0 Å². The van der Waals surface area contributed by atoms with Crippen molar-refractivity contribution in [1.29, 1.82) is 0 Å². The van der Waals surface area contributed by atoms with Crippen molar-refractivity contribution in [3.63, 3.8) is 0 Å². The van der Waals surface area contributed by atoms with E-state index in [0.29, 0.717) is 16.7 Å². The average molecular weight is 378 g/mol. The number of aryl methyl sites for hydroxylation is 1. The number of aromatic amines is 1. The minimum absolute atomic E-state index is 0.0822. The first-order chi connectivity index (χ1) is 13.5. The van der Waals surface area contributed by atoms with Crippen LogP contribution in [-0.4, -0.2) is 28.2 Å². The Balaban J connectivity index is 1.56. The molecule has 1 amide bonds. The number of fused-ring (bicyclic) bond motifs is 1.